The van der Waals surface area contributed by atoms with Crippen molar-refractivity contribution < 1.29 is 19.1 Å². The fourth-order valence-electron chi connectivity index (χ4n) is 4.05. The van der Waals surface area contributed by atoms with Crippen LogP contribution in [0.25, 0.3) is 0 Å². The van der Waals surface area contributed by atoms with Crippen molar-refractivity contribution in [3.63, 3.8) is 0 Å². The smallest absolute Gasteiger partial charge is 0.409 e. The molecule has 1 aliphatic carbocycles. The van der Waals surface area contributed by atoms with Crippen LogP contribution in [0, 0.1) is 11.8 Å². The summed E-state index contributed by atoms with van der Waals surface area (Å²) in [5, 5.41) is 2.50. The number of ether oxygens (including phenoxy) is 2. The Labute approximate surface area is 183 Å². The summed E-state index contributed by atoms with van der Waals surface area (Å²) in [4.78, 5) is 23.7. The number of rotatable bonds is 5. The minimum Gasteiger partial charge on any atom is -0.460 e. The van der Waals surface area contributed by atoms with Crippen LogP contribution in [-0.4, -0.2) is 28.7 Å². The van der Waals surface area contributed by atoms with Gasteiger partial charge in [-0.05, 0) is 50.5 Å². The second-order valence-corrected chi connectivity index (χ2v) is 10.5. The first kappa shape index (κ1) is 23.7. The van der Waals surface area contributed by atoms with E-state index >= 15 is 0 Å². The average molecular weight is 468 g/mol. The van der Waals surface area contributed by atoms with E-state index in [0.29, 0.717) is 5.92 Å². The molecule has 0 bridgehead atoms. The molecule has 0 spiro atoms. The maximum atomic E-state index is 12.7. The van der Waals surface area contributed by atoms with Crippen LogP contribution in [0.1, 0.15) is 66.4 Å². The van der Waals surface area contributed by atoms with Crippen molar-refractivity contribution in [1.82, 2.24) is 5.32 Å². The molecular weight excluding hydrogens is 434 g/mol. The van der Waals surface area contributed by atoms with Crippen LogP contribution < -0.4 is 5.32 Å². The molecule has 2 unspecified atom stereocenters. The third kappa shape index (κ3) is 6.73. The van der Waals surface area contributed by atoms with Gasteiger partial charge in [-0.1, -0.05) is 73.5 Å². The van der Waals surface area contributed by atoms with Gasteiger partial charge in [0.2, 0.25) is 0 Å². The molecule has 1 amide bonds. The monoisotopic (exact) mass is 467 g/mol. The van der Waals surface area contributed by atoms with Crippen molar-refractivity contribution in [2.24, 2.45) is 11.8 Å². The number of nitrogens with one attached hydrogen (secondary N) is 1. The van der Waals surface area contributed by atoms with Gasteiger partial charge in [0.25, 0.3) is 0 Å². The van der Waals surface area contributed by atoms with E-state index in [4.69, 9.17) is 9.47 Å². The van der Waals surface area contributed by atoms with Gasteiger partial charge >= 0.3 is 12.1 Å². The lowest BCUT2D eigenvalue weighted by Gasteiger charge is -2.44. The molecule has 1 N–H and O–H groups in total. The lowest BCUT2D eigenvalue weighted by Crippen LogP contribution is -2.46. The normalized spacial score (nSPS) is 23.8. The number of alkyl carbamates (subject to hydrolysis) is 1. The molecule has 6 heteroatoms. The number of amides is 1. The van der Waals surface area contributed by atoms with Crippen LogP contribution in [0.3, 0.4) is 0 Å². The molecule has 0 radical (unpaired) electrons. The summed E-state index contributed by atoms with van der Waals surface area (Å²) in [6.45, 7) is 11.9. The van der Waals surface area contributed by atoms with E-state index < -0.39 is 22.6 Å². The highest BCUT2D eigenvalue weighted by atomic mass is 79.9. The van der Waals surface area contributed by atoms with Crippen molar-refractivity contribution in [3.05, 3.63) is 35.9 Å². The highest BCUT2D eigenvalue weighted by molar-refractivity contribution is 9.10. The maximum Gasteiger partial charge on any atom is 0.409 e. The summed E-state index contributed by atoms with van der Waals surface area (Å²) in [7, 11) is 0. The molecule has 1 saturated carbocycles. The zero-order valence-electron chi connectivity index (χ0n) is 18.3. The largest absolute Gasteiger partial charge is 0.460 e. The predicted octanol–water partition coefficient (Wildman–Crippen LogP) is 5.56. The van der Waals surface area contributed by atoms with E-state index in [-0.39, 0.29) is 17.4 Å². The van der Waals surface area contributed by atoms with Crippen molar-refractivity contribution >= 4 is 28.0 Å². The van der Waals surface area contributed by atoms with Gasteiger partial charge in [-0.2, -0.15) is 0 Å². The molecule has 0 aromatic heterocycles. The maximum absolute atomic E-state index is 12.7. The van der Waals surface area contributed by atoms with E-state index in [2.05, 4.69) is 54.2 Å². The number of benzene rings is 1. The highest BCUT2D eigenvalue weighted by Crippen LogP contribution is 2.43. The molecule has 0 aliphatic heterocycles. The minimum atomic E-state index is -0.949. The molecular formula is C23H34BrNO4. The first-order chi connectivity index (χ1) is 13.4. The van der Waals surface area contributed by atoms with Crippen LogP contribution in [0.4, 0.5) is 4.79 Å². The summed E-state index contributed by atoms with van der Waals surface area (Å²) < 4.78 is 11.1. The Morgan fingerprint density at radius 2 is 1.72 bits per heavy atom. The first-order valence-electron chi connectivity index (χ1n) is 10.3. The standard InChI is InChI=1S/C23H34BrNO4/c1-15-12-13-17(23(5,6)16-10-8-7-9-11-16)18(14-15)28-20(26)19(24)25-21(27)29-22(2,3)4/h7-11,15,17-19H,12-14H2,1-6H3,(H,25,27)/t15-,17?,18-,19?/m1/s1. The van der Waals surface area contributed by atoms with E-state index in [1.165, 1.54) is 5.56 Å². The van der Waals surface area contributed by atoms with Crippen molar-refractivity contribution in [1.29, 1.82) is 0 Å². The fourth-order valence-corrected chi connectivity index (χ4v) is 4.34. The van der Waals surface area contributed by atoms with Crippen LogP contribution in [0.2, 0.25) is 0 Å². The number of alkyl halides is 1. The molecule has 5 nitrogen and oxygen atoms in total. The zero-order valence-corrected chi connectivity index (χ0v) is 19.9. The summed E-state index contributed by atoms with van der Waals surface area (Å²) in [6.07, 6.45) is 2.06. The number of carbonyl (C=O) groups excluding carboxylic acids is 2. The lowest BCUT2D eigenvalue weighted by molar-refractivity contribution is -0.156. The SMILES string of the molecule is C[C@@H]1CCC(C(C)(C)c2ccccc2)[C@H](OC(=O)C(Br)NC(=O)OC(C)(C)C)C1. The van der Waals surface area contributed by atoms with Gasteiger partial charge in [-0.3, -0.25) is 5.32 Å². The van der Waals surface area contributed by atoms with Gasteiger partial charge in [-0.25, -0.2) is 9.59 Å². The second-order valence-electron chi connectivity index (χ2n) is 9.60. The minimum absolute atomic E-state index is 0.132. The number of halogens is 1. The van der Waals surface area contributed by atoms with Crippen LogP contribution in [0.5, 0.6) is 0 Å². The van der Waals surface area contributed by atoms with E-state index in [0.717, 1.165) is 19.3 Å². The van der Waals surface area contributed by atoms with E-state index in [1.807, 2.05) is 18.2 Å². The molecule has 1 aromatic carbocycles. The summed E-state index contributed by atoms with van der Waals surface area (Å²) >= 11 is 3.22. The van der Waals surface area contributed by atoms with Gasteiger partial charge in [0.1, 0.15) is 11.7 Å². The Balaban J connectivity index is 2.09. The lowest BCUT2D eigenvalue weighted by atomic mass is 9.64. The molecule has 29 heavy (non-hydrogen) atoms. The second kappa shape index (κ2) is 9.50. The molecule has 1 fully saturated rings. The Morgan fingerprint density at radius 1 is 1.10 bits per heavy atom. The molecule has 162 valence electrons. The number of carbonyl (C=O) groups is 2. The van der Waals surface area contributed by atoms with Gasteiger partial charge in [0.05, 0.1) is 0 Å². The topological polar surface area (TPSA) is 64.6 Å². The van der Waals surface area contributed by atoms with Crippen molar-refractivity contribution in [3.8, 4) is 0 Å². The van der Waals surface area contributed by atoms with Crippen LogP contribution >= 0.6 is 15.9 Å². The van der Waals surface area contributed by atoms with Crippen LogP contribution in [0.15, 0.2) is 30.3 Å². The number of esters is 1. The molecule has 1 aromatic rings. The van der Waals surface area contributed by atoms with Gasteiger partial charge in [-0.15, -0.1) is 0 Å². The van der Waals surface area contributed by atoms with E-state index in [1.54, 1.807) is 20.8 Å². The Morgan fingerprint density at radius 3 is 2.31 bits per heavy atom. The van der Waals surface area contributed by atoms with Crippen molar-refractivity contribution in [2.75, 3.05) is 0 Å². The highest BCUT2D eigenvalue weighted by Gasteiger charge is 2.42. The Hall–Kier alpha value is -1.56. The third-order valence-electron chi connectivity index (χ3n) is 5.62. The number of hydrogen-bond donors (Lipinski definition) is 1. The zero-order chi connectivity index (χ0) is 21.8. The van der Waals surface area contributed by atoms with E-state index in [9.17, 15) is 9.59 Å². The summed E-state index contributed by atoms with van der Waals surface area (Å²) in [5.74, 6) is 0.193. The quantitative estimate of drug-likeness (QED) is 0.349. The third-order valence-corrected chi connectivity index (χ3v) is 6.22. The Bertz CT molecular complexity index is 699. The summed E-state index contributed by atoms with van der Waals surface area (Å²) in [5.41, 5.74) is 0.472. The van der Waals surface area contributed by atoms with Gasteiger partial charge < -0.3 is 9.47 Å². The molecule has 4 atom stereocenters. The van der Waals surface area contributed by atoms with Crippen LogP contribution in [-0.2, 0) is 19.7 Å². The summed E-state index contributed by atoms with van der Waals surface area (Å²) in [6, 6.07) is 10.4. The van der Waals surface area contributed by atoms with Crippen molar-refractivity contribution in [2.45, 2.75) is 82.9 Å². The Kier molecular flexibility index (Phi) is 7.77. The average Bonchev–Trinajstić information content (AvgIpc) is 2.60. The molecule has 1 aliphatic rings. The van der Waals surface area contributed by atoms with Gasteiger partial charge in [0.15, 0.2) is 4.95 Å². The molecule has 0 heterocycles. The molecule has 2 rings (SSSR count). The fraction of sp³-hybridized carbons (Fsp3) is 0.652. The molecule has 0 saturated heterocycles. The van der Waals surface area contributed by atoms with Gasteiger partial charge in [0, 0.05) is 5.92 Å². The first-order valence-corrected chi connectivity index (χ1v) is 11.2. The number of hydrogen-bond acceptors (Lipinski definition) is 4. The predicted molar refractivity (Wildman–Crippen MR) is 118 cm³/mol.